The van der Waals surface area contributed by atoms with Crippen molar-refractivity contribution in [3.8, 4) is 5.75 Å². The van der Waals surface area contributed by atoms with E-state index in [0.29, 0.717) is 12.4 Å². The van der Waals surface area contributed by atoms with Gasteiger partial charge in [0.2, 0.25) is 0 Å². The van der Waals surface area contributed by atoms with Gasteiger partial charge in [0, 0.05) is 12.1 Å². The molecule has 1 rings (SSSR count). The van der Waals surface area contributed by atoms with Crippen molar-refractivity contribution < 1.29 is 9.66 Å². The number of nitro benzene ring substituents is 1. The number of nitrogens with two attached hydrogens (primary N) is 1. The summed E-state index contributed by atoms with van der Waals surface area (Å²) in [7, 11) is 0. The second-order valence-corrected chi connectivity index (χ2v) is 5.36. The Balaban J connectivity index is 2.96. The van der Waals surface area contributed by atoms with Gasteiger partial charge in [-0.05, 0) is 5.41 Å². The Labute approximate surface area is 105 Å². The van der Waals surface area contributed by atoms with Crippen LogP contribution in [-0.4, -0.2) is 11.5 Å². The number of halogens is 1. The smallest absolute Gasteiger partial charge is 0.293 e. The number of hydrogen-bond acceptors (Lipinski definition) is 4. The SMILES string of the molecule is CC(C)(C)COc1cc(N)c([N+](=O)[O-])cc1Cl. The van der Waals surface area contributed by atoms with Gasteiger partial charge in [-0.25, -0.2) is 0 Å². The first kappa shape index (κ1) is 13.6. The fourth-order valence-corrected chi connectivity index (χ4v) is 1.33. The van der Waals surface area contributed by atoms with Gasteiger partial charge in [0.25, 0.3) is 5.69 Å². The van der Waals surface area contributed by atoms with Crippen LogP contribution in [0.1, 0.15) is 20.8 Å². The minimum absolute atomic E-state index is 0.0279. The molecule has 6 heteroatoms. The van der Waals surface area contributed by atoms with Crippen LogP contribution >= 0.6 is 11.6 Å². The van der Waals surface area contributed by atoms with Gasteiger partial charge in [0.1, 0.15) is 11.4 Å². The van der Waals surface area contributed by atoms with Gasteiger partial charge in [0.15, 0.2) is 0 Å². The predicted molar refractivity (Wildman–Crippen MR) is 67.5 cm³/mol. The Morgan fingerprint density at radius 2 is 2.06 bits per heavy atom. The third-order valence-electron chi connectivity index (χ3n) is 1.94. The maximum absolute atomic E-state index is 10.6. The van der Waals surface area contributed by atoms with E-state index in [1.807, 2.05) is 20.8 Å². The first-order valence-electron chi connectivity index (χ1n) is 5.07. The average molecular weight is 259 g/mol. The second-order valence-electron chi connectivity index (χ2n) is 4.95. The molecule has 0 spiro atoms. The van der Waals surface area contributed by atoms with Crippen molar-refractivity contribution >= 4 is 23.0 Å². The van der Waals surface area contributed by atoms with Crippen molar-refractivity contribution in [2.24, 2.45) is 5.41 Å². The monoisotopic (exact) mass is 258 g/mol. The molecule has 0 heterocycles. The van der Waals surface area contributed by atoms with Crippen LogP contribution in [0.25, 0.3) is 0 Å². The molecule has 0 amide bonds. The number of nitro groups is 1. The maximum Gasteiger partial charge on any atom is 0.293 e. The second kappa shape index (κ2) is 4.79. The largest absolute Gasteiger partial charge is 0.491 e. The first-order chi connectivity index (χ1) is 7.70. The van der Waals surface area contributed by atoms with E-state index in [0.717, 1.165) is 0 Å². The lowest BCUT2D eigenvalue weighted by Gasteiger charge is -2.19. The van der Waals surface area contributed by atoms with Gasteiger partial charge in [0.05, 0.1) is 16.6 Å². The van der Waals surface area contributed by atoms with Crippen molar-refractivity contribution in [3.05, 3.63) is 27.3 Å². The molecule has 1 aromatic carbocycles. The van der Waals surface area contributed by atoms with Crippen molar-refractivity contribution in [3.63, 3.8) is 0 Å². The molecule has 0 saturated heterocycles. The third kappa shape index (κ3) is 3.78. The topological polar surface area (TPSA) is 78.4 Å². The van der Waals surface area contributed by atoms with Gasteiger partial charge in [-0.2, -0.15) is 0 Å². The molecule has 0 aliphatic carbocycles. The molecule has 0 saturated carbocycles. The van der Waals surface area contributed by atoms with Crippen LogP contribution in [0.4, 0.5) is 11.4 Å². The Hall–Kier alpha value is -1.49. The summed E-state index contributed by atoms with van der Waals surface area (Å²) in [4.78, 5) is 10.1. The zero-order valence-corrected chi connectivity index (χ0v) is 10.7. The Morgan fingerprint density at radius 1 is 1.47 bits per heavy atom. The molecule has 2 N–H and O–H groups in total. The summed E-state index contributed by atoms with van der Waals surface area (Å²) in [6.45, 7) is 6.48. The third-order valence-corrected chi connectivity index (χ3v) is 2.23. The average Bonchev–Trinajstić information content (AvgIpc) is 2.17. The molecule has 0 aliphatic heterocycles. The molecule has 0 atom stereocenters. The summed E-state index contributed by atoms with van der Waals surface area (Å²) in [5.74, 6) is 0.365. The standard InChI is InChI=1S/C11H15ClN2O3/c1-11(2,3)6-17-10-5-8(13)9(14(15)16)4-7(10)12/h4-5H,6,13H2,1-3H3. The van der Waals surface area contributed by atoms with Crippen LogP contribution in [0.15, 0.2) is 12.1 Å². The van der Waals surface area contributed by atoms with E-state index in [1.54, 1.807) is 0 Å². The molecule has 0 bridgehead atoms. The minimum Gasteiger partial charge on any atom is -0.491 e. The zero-order valence-electron chi connectivity index (χ0n) is 9.99. The molecule has 0 fully saturated rings. The van der Waals surface area contributed by atoms with Crippen LogP contribution < -0.4 is 10.5 Å². The molecule has 0 aliphatic rings. The Kier molecular flexibility index (Phi) is 3.83. The van der Waals surface area contributed by atoms with Gasteiger partial charge >= 0.3 is 0 Å². The normalized spacial score (nSPS) is 11.3. The van der Waals surface area contributed by atoms with Gasteiger partial charge in [-0.3, -0.25) is 10.1 Å². The highest BCUT2D eigenvalue weighted by Gasteiger charge is 2.18. The van der Waals surface area contributed by atoms with E-state index in [4.69, 9.17) is 22.1 Å². The number of benzene rings is 1. The summed E-state index contributed by atoms with van der Waals surface area (Å²) in [6.07, 6.45) is 0. The van der Waals surface area contributed by atoms with Crippen LogP contribution in [0.2, 0.25) is 5.02 Å². The number of hydrogen-bond donors (Lipinski definition) is 1. The lowest BCUT2D eigenvalue weighted by Crippen LogP contribution is -2.17. The van der Waals surface area contributed by atoms with Crippen LogP contribution in [0, 0.1) is 15.5 Å². The molecule has 17 heavy (non-hydrogen) atoms. The van der Waals surface area contributed by atoms with E-state index in [2.05, 4.69) is 0 Å². The first-order valence-corrected chi connectivity index (χ1v) is 5.45. The van der Waals surface area contributed by atoms with Gasteiger partial charge in [-0.1, -0.05) is 32.4 Å². The number of rotatable bonds is 3. The number of ether oxygens (including phenoxy) is 1. The van der Waals surface area contributed by atoms with E-state index in [1.165, 1.54) is 12.1 Å². The molecular weight excluding hydrogens is 244 g/mol. The van der Waals surface area contributed by atoms with E-state index in [9.17, 15) is 10.1 Å². The Bertz CT molecular complexity index is 441. The van der Waals surface area contributed by atoms with Crippen molar-refractivity contribution in [1.29, 1.82) is 0 Å². The molecule has 0 radical (unpaired) electrons. The quantitative estimate of drug-likeness (QED) is 0.513. The minimum atomic E-state index is -0.575. The lowest BCUT2D eigenvalue weighted by atomic mass is 9.99. The fraction of sp³-hybridized carbons (Fsp3) is 0.455. The van der Waals surface area contributed by atoms with E-state index < -0.39 is 4.92 Å². The highest BCUT2D eigenvalue weighted by Crippen LogP contribution is 2.34. The lowest BCUT2D eigenvalue weighted by molar-refractivity contribution is -0.383. The summed E-state index contributed by atoms with van der Waals surface area (Å²) in [5.41, 5.74) is 5.36. The van der Waals surface area contributed by atoms with Crippen LogP contribution in [0.5, 0.6) is 5.75 Å². The summed E-state index contributed by atoms with van der Waals surface area (Å²) < 4.78 is 5.48. The number of nitrogens with zero attached hydrogens (tertiary/aromatic N) is 1. The van der Waals surface area contributed by atoms with Crippen LogP contribution in [0.3, 0.4) is 0 Å². The molecule has 1 aromatic rings. The summed E-state index contributed by atoms with van der Waals surface area (Å²) in [5, 5.41) is 10.8. The van der Waals surface area contributed by atoms with Crippen molar-refractivity contribution in [1.82, 2.24) is 0 Å². The Morgan fingerprint density at radius 3 is 2.53 bits per heavy atom. The van der Waals surface area contributed by atoms with Gasteiger partial charge in [-0.15, -0.1) is 0 Å². The maximum atomic E-state index is 10.6. The molecule has 94 valence electrons. The number of anilines is 1. The molecular formula is C11H15ClN2O3. The van der Waals surface area contributed by atoms with Gasteiger partial charge < -0.3 is 10.5 Å². The molecule has 5 nitrogen and oxygen atoms in total. The molecule has 0 unspecified atom stereocenters. The summed E-state index contributed by atoms with van der Waals surface area (Å²) >= 11 is 5.89. The summed E-state index contributed by atoms with van der Waals surface area (Å²) in [6, 6.07) is 2.58. The van der Waals surface area contributed by atoms with E-state index in [-0.39, 0.29) is 21.8 Å². The van der Waals surface area contributed by atoms with Crippen LogP contribution in [-0.2, 0) is 0 Å². The fourth-order valence-electron chi connectivity index (χ4n) is 1.12. The number of nitrogen functional groups attached to an aromatic ring is 1. The van der Waals surface area contributed by atoms with Crippen molar-refractivity contribution in [2.75, 3.05) is 12.3 Å². The highest BCUT2D eigenvalue weighted by molar-refractivity contribution is 6.32. The van der Waals surface area contributed by atoms with Crippen molar-refractivity contribution in [2.45, 2.75) is 20.8 Å². The highest BCUT2D eigenvalue weighted by atomic mass is 35.5. The molecule has 0 aromatic heterocycles. The zero-order chi connectivity index (χ0) is 13.2. The van der Waals surface area contributed by atoms with E-state index >= 15 is 0 Å². The predicted octanol–water partition coefficient (Wildman–Crippen LogP) is 3.26.